The van der Waals surface area contributed by atoms with Crippen LogP contribution in [0.2, 0.25) is 0 Å². The van der Waals surface area contributed by atoms with Gasteiger partial charge >= 0.3 is 0 Å². The van der Waals surface area contributed by atoms with Crippen molar-refractivity contribution < 1.29 is 9.47 Å². The van der Waals surface area contributed by atoms with E-state index in [-0.39, 0.29) is 6.29 Å². The first-order valence-corrected chi connectivity index (χ1v) is 4.03. The van der Waals surface area contributed by atoms with E-state index in [2.05, 4.69) is 6.07 Å². The second-order valence-electron chi connectivity index (χ2n) is 2.58. The van der Waals surface area contributed by atoms with Gasteiger partial charge in [-0.15, -0.1) is 0 Å². The number of hydrogen-bond donors (Lipinski definition) is 0. The summed E-state index contributed by atoms with van der Waals surface area (Å²) in [5, 5.41) is 8.31. The van der Waals surface area contributed by atoms with Gasteiger partial charge in [0.15, 0.2) is 6.29 Å². The SMILES string of the molecule is N#CCCC1OCCCCO1. The summed E-state index contributed by atoms with van der Waals surface area (Å²) < 4.78 is 10.7. The van der Waals surface area contributed by atoms with Gasteiger partial charge in [0.2, 0.25) is 0 Å². The molecule has 11 heavy (non-hydrogen) atoms. The summed E-state index contributed by atoms with van der Waals surface area (Å²) in [5.74, 6) is 0. The minimum Gasteiger partial charge on any atom is -0.353 e. The topological polar surface area (TPSA) is 42.2 Å². The first-order chi connectivity index (χ1) is 5.43. The molecule has 1 fully saturated rings. The molecule has 1 rings (SSSR count). The van der Waals surface area contributed by atoms with E-state index in [1.807, 2.05) is 0 Å². The Morgan fingerprint density at radius 2 is 1.91 bits per heavy atom. The zero-order valence-electron chi connectivity index (χ0n) is 6.58. The van der Waals surface area contributed by atoms with Gasteiger partial charge in [-0.3, -0.25) is 0 Å². The number of nitriles is 1. The van der Waals surface area contributed by atoms with Crippen molar-refractivity contribution in [1.82, 2.24) is 0 Å². The molecule has 3 nitrogen and oxygen atoms in total. The monoisotopic (exact) mass is 155 g/mol. The molecule has 0 N–H and O–H groups in total. The zero-order chi connectivity index (χ0) is 7.94. The van der Waals surface area contributed by atoms with Crippen LogP contribution in [0.15, 0.2) is 0 Å². The van der Waals surface area contributed by atoms with Crippen molar-refractivity contribution in [1.29, 1.82) is 5.26 Å². The van der Waals surface area contributed by atoms with Gasteiger partial charge in [-0.05, 0) is 12.8 Å². The summed E-state index contributed by atoms with van der Waals surface area (Å²) in [7, 11) is 0. The Bertz CT molecular complexity index is 134. The fourth-order valence-electron chi connectivity index (χ4n) is 1.03. The van der Waals surface area contributed by atoms with E-state index in [0.29, 0.717) is 12.8 Å². The molecule has 0 aromatic heterocycles. The summed E-state index contributed by atoms with van der Waals surface area (Å²) >= 11 is 0. The lowest BCUT2D eigenvalue weighted by molar-refractivity contribution is -0.128. The summed E-state index contributed by atoms with van der Waals surface area (Å²) in [5.41, 5.74) is 0. The highest BCUT2D eigenvalue weighted by Crippen LogP contribution is 2.09. The van der Waals surface area contributed by atoms with Crippen molar-refractivity contribution in [2.75, 3.05) is 13.2 Å². The van der Waals surface area contributed by atoms with E-state index in [1.54, 1.807) is 0 Å². The molecular formula is C8H13NO2. The molecule has 0 atom stereocenters. The third-order valence-electron chi connectivity index (χ3n) is 1.64. The molecule has 3 heteroatoms. The van der Waals surface area contributed by atoms with Crippen LogP contribution >= 0.6 is 0 Å². The fourth-order valence-corrected chi connectivity index (χ4v) is 1.03. The summed E-state index contributed by atoms with van der Waals surface area (Å²) in [4.78, 5) is 0. The Balaban J connectivity index is 2.15. The fraction of sp³-hybridized carbons (Fsp3) is 0.875. The molecule has 62 valence electrons. The van der Waals surface area contributed by atoms with E-state index >= 15 is 0 Å². The van der Waals surface area contributed by atoms with Gasteiger partial charge in [0.05, 0.1) is 6.07 Å². The molecule has 1 aliphatic rings. The van der Waals surface area contributed by atoms with Crippen molar-refractivity contribution in [2.45, 2.75) is 32.0 Å². The molecule has 1 saturated heterocycles. The van der Waals surface area contributed by atoms with E-state index < -0.39 is 0 Å². The van der Waals surface area contributed by atoms with Gasteiger partial charge in [-0.2, -0.15) is 5.26 Å². The maximum atomic E-state index is 8.31. The highest BCUT2D eigenvalue weighted by Gasteiger charge is 2.11. The standard InChI is InChI=1S/C8H13NO2/c9-5-3-4-8-10-6-1-2-7-11-8/h8H,1-4,6-7H2. The largest absolute Gasteiger partial charge is 0.353 e. The molecule has 0 amide bonds. The molecule has 0 radical (unpaired) electrons. The molecule has 1 heterocycles. The summed E-state index contributed by atoms with van der Waals surface area (Å²) in [6, 6.07) is 2.08. The maximum absolute atomic E-state index is 8.31. The van der Waals surface area contributed by atoms with Gasteiger partial charge in [-0.1, -0.05) is 0 Å². The van der Waals surface area contributed by atoms with Crippen LogP contribution in [0, 0.1) is 11.3 Å². The normalized spacial score (nSPS) is 20.6. The highest BCUT2D eigenvalue weighted by atomic mass is 16.7. The van der Waals surface area contributed by atoms with Crippen LogP contribution in [0.5, 0.6) is 0 Å². The van der Waals surface area contributed by atoms with Crippen LogP contribution in [0.4, 0.5) is 0 Å². The van der Waals surface area contributed by atoms with Crippen LogP contribution < -0.4 is 0 Å². The van der Waals surface area contributed by atoms with Crippen LogP contribution in [-0.4, -0.2) is 19.5 Å². The van der Waals surface area contributed by atoms with Gasteiger partial charge in [0, 0.05) is 26.1 Å². The van der Waals surface area contributed by atoms with Gasteiger partial charge in [0.1, 0.15) is 0 Å². The minimum absolute atomic E-state index is 0.128. The van der Waals surface area contributed by atoms with Crippen molar-refractivity contribution in [2.24, 2.45) is 0 Å². The lowest BCUT2D eigenvalue weighted by Gasteiger charge is -2.12. The van der Waals surface area contributed by atoms with Gasteiger partial charge in [-0.25, -0.2) is 0 Å². The van der Waals surface area contributed by atoms with E-state index in [9.17, 15) is 0 Å². The first-order valence-electron chi connectivity index (χ1n) is 4.03. The average molecular weight is 155 g/mol. The van der Waals surface area contributed by atoms with Crippen LogP contribution in [0.3, 0.4) is 0 Å². The molecule has 0 spiro atoms. The molecule has 0 saturated carbocycles. The number of rotatable bonds is 2. The Kier molecular flexibility index (Phi) is 3.95. The first kappa shape index (κ1) is 8.51. The number of nitrogens with zero attached hydrogens (tertiary/aromatic N) is 1. The maximum Gasteiger partial charge on any atom is 0.158 e. The predicted octanol–water partition coefficient (Wildman–Crippen LogP) is 1.44. The van der Waals surface area contributed by atoms with E-state index in [0.717, 1.165) is 26.1 Å². The second-order valence-corrected chi connectivity index (χ2v) is 2.58. The molecular weight excluding hydrogens is 142 g/mol. The Morgan fingerprint density at radius 1 is 1.27 bits per heavy atom. The lowest BCUT2D eigenvalue weighted by atomic mass is 10.3. The van der Waals surface area contributed by atoms with E-state index in [1.165, 1.54) is 0 Å². The minimum atomic E-state index is -0.128. The molecule has 0 aromatic carbocycles. The molecule has 0 aliphatic carbocycles. The Labute approximate surface area is 66.9 Å². The predicted molar refractivity (Wildman–Crippen MR) is 39.8 cm³/mol. The van der Waals surface area contributed by atoms with Gasteiger partial charge in [0.25, 0.3) is 0 Å². The number of ether oxygens (including phenoxy) is 2. The second kappa shape index (κ2) is 5.11. The Hall–Kier alpha value is -0.590. The van der Waals surface area contributed by atoms with Gasteiger partial charge < -0.3 is 9.47 Å². The van der Waals surface area contributed by atoms with Crippen molar-refractivity contribution in [3.8, 4) is 6.07 Å². The van der Waals surface area contributed by atoms with Crippen molar-refractivity contribution >= 4 is 0 Å². The summed E-state index contributed by atoms with van der Waals surface area (Å²) in [6.07, 6.45) is 3.24. The summed E-state index contributed by atoms with van der Waals surface area (Å²) in [6.45, 7) is 1.55. The molecule has 0 aromatic rings. The lowest BCUT2D eigenvalue weighted by Crippen LogP contribution is -2.14. The van der Waals surface area contributed by atoms with Crippen LogP contribution in [0.1, 0.15) is 25.7 Å². The van der Waals surface area contributed by atoms with Crippen LogP contribution in [-0.2, 0) is 9.47 Å². The zero-order valence-corrected chi connectivity index (χ0v) is 6.58. The third-order valence-corrected chi connectivity index (χ3v) is 1.64. The Morgan fingerprint density at radius 3 is 2.45 bits per heavy atom. The van der Waals surface area contributed by atoms with Crippen molar-refractivity contribution in [3.63, 3.8) is 0 Å². The molecule has 1 aliphatic heterocycles. The van der Waals surface area contributed by atoms with Crippen molar-refractivity contribution in [3.05, 3.63) is 0 Å². The quantitative estimate of drug-likeness (QED) is 0.606. The third kappa shape index (κ3) is 3.35. The van der Waals surface area contributed by atoms with Crippen LogP contribution in [0.25, 0.3) is 0 Å². The number of hydrogen-bond acceptors (Lipinski definition) is 3. The molecule has 0 bridgehead atoms. The highest BCUT2D eigenvalue weighted by molar-refractivity contribution is 4.69. The molecule has 0 unspecified atom stereocenters. The average Bonchev–Trinajstić information content (AvgIpc) is 2.28. The van der Waals surface area contributed by atoms with E-state index in [4.69, 9.17) is 14.7 Å². The smallest absolute Gasteiger partial charge is 0.158 e.